The van der Waals surface area contributed by atoms with E-state index in [-0.39, 0.29) is 19.0 Å². The van der Waals surface area contributed by atoms with Gasteiger partial charge < -0.3 is 26.7 Å². The third-order valence-corrected chi connectivity index (χ3v) is 6.50. The van der Waals surface area contributed by atoms with Crippen LogP contribution in [0.4, 0.5) is 0 Å². The summed E-state index contributed by atoms with van der Waals surface area (Å²) in [6.07, 6.45) is 29.3. The number of ether oxygens (including phenoxy) is 1. The number of unbranched alkanes of at least 4 members (excludes halogenated alkanes) is 19. The molecular formula is C28H60ClNO2. The minimum Gasteiger partial charge on any atom is -1.00 e. The smallest absolute Gasteiger partial charge is 0.182 e. The van der Waals surface area contributed by atoms with E-state index in [0.29, 0.717) is 0 Å². The molecule has 1 N–H and O–H groups in total. The fourth-order valence-electron chi connectivity index (χ4n) is 4.33. The van der Waals surface area contributed by atoms with Gasteiger partial charge in [-0.3, -0.25) is 0 Å². The Morgan fingerprint density at radius 1 is 0.531 bits per heavy atom. The van der Waals surface area contributed by atoms with Crippen LogP contribution in [0.2, 0.25) is 0 Å². The first-order valence-corrected chi connectivity index (χ1v) is 14.1. The molecule has 0 rings (SSSR count). The average Bonchev–Trinajstić information content (AvgIpc) is 2.76. The maximum Gasteiger partial charge on any atom is 0.182 e. The molecule has 0 aromatic rings. The number of aliphatic hydroxyl groups is 1. The highest BCUT2D eigenvalue weighted by molar-refractivity contribution is 4.51. The molecule has 0 bridgehead atoms. The van der Waals surface area contributed by atoms with Crippen molar-refractivity contribution in [1.82, 2.24) is 0 Å². The summed E-state index contributed by atoms with van der Waals surface area (Å²) in [6, 6.07) is 0. The summed E-state index contributed by atoms with van der Waals surface area (Å²) in [5.41, 5.74) is 0. The third-order valence-electron chi connectivity index (χ3n) is 6.50. The molecule has 196 valence electrons. The molecule has 0 aliphatic carbocycles. The third kappa shape index (κ3) is 28.2. The standard InChI is InChI=1S/C28H60NO2.ClH/c1-4-5-6-7-8-9-10-11-12-13-14-15-16-17-18-19-20-21-22-23-27-31-28-29(2,3)25-24-26-30;/h30H,4-28H2,1-3H3;1H/q+1;/p-1. The van der Waals surface area contributed by atoms with Gasteiger partial charge in [0.25, 0.3) is 0 Å². The Morgan fingerprint density at radius 3 is 1.22 bits per heavy atom. The van der Waals surface area contributed by atoms with Crippen molar-refractivity contribution in [2.75, 3.05) is 40.6 Å². The van der Waals surface area contributed by atoms with Crippen LogP contribution in [0, 0.1) is 0 Å². The summed E-state index contributed by atoms with van der Waals surface area (Å²) in [7, 11) is 4.35. The Morgan fingerprint density at radius 2 is 0.875 bits per heavy atom. The van der Waals surface area contributed by atoms with Crippen LogP contribution in [0.15, 0.2) is 0 Å². The van der Waals surface area contributed by atoms with Crippen molar-refractivity contribution in [3.05, 3.63) is 0 Å². The molecule has 0 saturated heterocycles. The molecule has 0 aliphatic heterocycles. The van der Waals surface area contributed by atoms with Crippen LogP contribution >= 0.6 is 0 Å². The quantitative estimate of drug-likeness (QED) is 0.105. The zero-order valence-corrected chi connectivity index (χ0v) is 23.1. The Kier molecular flexibility index (Phi) is 29.4. The van der Waals surface area contributed by atoms with Crippen LogP contribution in [0.1, 0.15) is 142 Å². The topological polar surface area (TPSA) is 29.5 Å². The summed E-state index contributed by atoms with van der Waals surface area (Å²) in [4.78, 5) is 0. The molecule has 3 nitrogen and oxygen atoms in total. The molecule has 0 aromatic carbocycles. The van der Waals surface area contributed by atoms with E-state index in [1.807, 2.05) is 0 Å². The zero-order chi connectivity index (χ0) is 22.9. The van der Waals surface area contributed by atoms with E-state index < -0.39 is 0 Å². The highest BCUT2D eigenvalue weighted by Crippen LogP contribution is 2.14. The predicted molar refractivity (Wildman–Crippen MR) is 138 cm³/mol. The summed E-state index contributed by atoms with van der Waals surface area (Å²) in [6.45, 7) is 5.21. The summed E-state index contributed by atoms with van der Waals surface area (Å²) >= 11 is 0. The number of nitrogens with zero attached hydrogens (tertiary/aromatic N) is 1. The van der Waals surface area contributed by atoms with Crippen LogP contribution in [0.3, 0.4) is 0 Å². The largest absolute Gasteiger partial charge is 1.00 e. The molecule has 0 atom stereocenters. The number of quaternary nitrogens is 1. The van der Waals surface area contributed by atoms with Crippen molar-refractivity contribution >= 4 is 0 Å². The van der Waals surface area contributed by atoms with E-state index in [9.17, 15) is 0 Å². The lowest BCUT2D eigenvalue weighted by Crippen LogP contribution is -3.00. The first kappa shape index (κ1) is 34.3. The Balaban J connectivity index is 0. The van der Waals surface area contributed by atoms with E-state index in [1.54, 1.807) is 0 Å². The van der Waals surface area contributed by atoms with E-state index >= 15 is 0 Å². The van der Waals surface area contributed by atoms with Crippen LogP contribution in [-0.4, -0.2) is 50.2 Å². The van der Waals surface area contributed by atoms with Crippen molar-refractivity contribution in [1.29, 1.82) is 0 Å². The van der Waals surface area contributed by atoms with E-state index in [4.69, 9.17) is 9.84 Å². The molecule has 4 heteroatoms. The maximum atomic E-state index is 8.93. The van der Waals surface area contributed by atoms with Gasteiger partial charge in [0.15, 0.2) is 6.73 Å². The normalized spacial score (nSPS) is 11.6. The Bertz CT molecular complexity index is 339. The minimum atomic E-state index is 0. The van der Waals surface area contributed by atoms with Gasteiger partial charge in [-0.05, 0) is 6.42 Å². The fourth-order valence-corrected chi connectivity index (χ4v) is 4.33. The second kappa shape index (κ2) is 27.4. The van der Waals surface area contributed by atoms with Crippen LogP contribution in [0.25, 0.3) is 0 Å². The molecule has 32 heavy (non-hydrogen) atoms. The van der Waals surface area contributed by atoms with Crippen molar-refractivity contribution in [2.45, 2.75) is 142 Å². The van der Waals surface area contributed by atoms with Gasteiger partial charge in [0.1, 0.15) is 0 Å². The lowest BCUT2D eigenvalue weighted by Gasteiger charge is -2.28. The summed E-state index contributed by atoms with van der Waals surface area (Å²) in [5, 5.41) is 8.93. The number of rotatable bonds is 26. The van der Waals surface area contributed by atoms with Gasteiger partial charge in [0.05, 0.1) is 27.2 Å². The molecule has 0 saturated carbocycles. The molecule has 0 heterocycles. The first-order chi connectivity index (χ1) is 15.1. The van der Waals surface area contributed by atoms with Gasteiger partial charge in [0, 0.05) is 13.0 Å². The fraction of sp³-hybridized carbons (Fsp3) is 1.00. The van der Waals surface area contributed by atoms with E-state index in [2.05, 4.69) is 21.0 Å². The van der Waals surface area contributed by atoms with Crippen LogP contribution in [0.5, 0.6) is 0 Å². The number of hydrogen-bond donors (Lipinski definition) is 1. The van der Waals surface area contributed by atoms with Crippen molar-refractivity contribution in [3.63, 3.8) is 0 Å². The van der Waals surface area contributed by atoms with E-state index in [1.165, 1.54) is 128 Å². The number of hydrogen-bond acceptors (Lipinski definition) is 2. The molecule has 0 amide bonds. The Labute approximate surface area is 209 Å². The first-order valence-electron chi connectivity index (χ1n) is 14.1. The average molecular weight is 478 g/mol. The number of halogens is 1. The summed E-state index contributed by atoms with van der Waals surface area (Å²) < 4.78 is 6.67. The van der Waals surface area contributed by atoms with Crippen molar-refractivity contribution in [3.8, 4) is 0 Å². The molecule has 0 spiro atoms. The Hall–Kier alpha value is 0.170. The highest BCUT2D eigenvalue weighted by atomic mass is 35.5. The van der Waals surface area contributed by atoms with Gasteiger partial charge in [0.2, 0.25) is 0 Å². The predicted octanol–water partition coefficient (Wildman–Crippen LogP) is 5.25. The van der Waals surface area contributed by atoms with Crippen molar-refractivity contribution < 1.29 is 26.7 Å². The van der Waals surface area contributed by atoms with Gasteiger partial charge in [-0.25, -0.2) is 0 Å². The molecule has 0 aliphatic rings. The monoisotopic (exact) mass is 477 g/mol. The molecular weight excluding hydrogens is 418 g/mol. The van der Waals surface area contributed by atoms with Gasteiger partial charge >= 0.3 is 0 Å². The van der Waals surface area contributed by atoms with Crippen LogP contribution in [-0.2, 0) is 4.74 Å². The maximum absolute atomic E-state index is 8.93. The van der Waals surface area contributed by atoms with E-state index in [0.717, 1.165) is 30.8 Å². The zero-order valence-electron chi connectivity index (χ0n) is 22.4. The van der Waals surface area contributed by atoms with Gasteiger partial charge in [-0.15, -0.1) is 0 Å². The molecule has 0 aromatic heterocycles. The highest BCUT2D eigenvalue weighted by Gasteiger charge is 2.13. The van der Waals surface area contributed by atoms with Crippen LogP contribution < -0.4 is 12.4 Å². The minimum absolute atomic E-state index is 0. The van der Waals surface area contributed by atoms with Gasteiger partial charge in [-0.1, -0.05) is 129 Å². The molecule has 0 fully saturated rings. The second-order valence-electron chi connectivity index (χ2n) is 10.5. The SMILES string of the molecule is CCCCCCCCCCCCCCCCCCCCCCOC[N+](C)(C)CCCO.[Cl-]. The lowest BCUT2D eigenvalue weighted by atomic mass is 10.0. The molecule has 0 unspecified atom stereocenters. The molecule has 0 radical (unpaired) electrons. The number of aliphatic hydroxyl groups excluding tert-OH is 1. The van der Waals surface area contributed by atoms with Gasteiger partial charge in [-0.2, -0.15) is 0 Å². The summed E-state index contributed by atoms with van der Waals surface area (Å²) in [5.74, 6) is 0. The lowest BCUT2D eigenvalue weighted by molar-refractivity contribution is -0.909. The van der Waals surface area contributed by atoms with Crippen molar-refractivity contribution in [2.24, 2.45) is 0 Å². The second-order valence-corrected chi connectivity index (χ2v) is 10.5.